The van der Waals surface area contributed by atoms with Crippen molar-refractivity contribution in [2.24, 2.45) is 5.92 Å². The van der Waals surface area contributed by atoms with E-state index < -0.39 is 0 Å². The van der Waals surface area contributed by atoms with Crippen molar-refractivity contribution in [2.75, 3.05) is 20.2 Å². The van der Waals surface area contributed by atoms with E-state index in [1.165, 1.54) is 4.90 Å². The molecule has 7 nitrogen and oxygen atoms in total. The van der Waals surface area contributed by atoms with Crippen molar-refractivity contribution >= 4 is 11.8 Å². The number of fused-ring (bicyclic) bond motifs is 1. The van der Waals surface area contributed by atoms with Gasteiger partial charge in [-0.25, -0.2) is 5.43 Å². The molecule has 2 amide bonds. The van der Waals surface area contributed by atoms with E-state index in [9.17, 15) is 9.59 Å². The van der Waals surface area contributed by atoms with Crippen LogP contribution >= 0.6 is 0 Å². The molecule has 2 N–H and O–H groups in total. The minimum Gasteiger partial charge on any atom is -0.497 e. The Labute approximate surface area is 160 Å². The van der Waals surface area contributed by atoms with Gasteiger partial charge in [0.25, 0.3) is 5.91 Å². The molecule has 0 saturated carbocycles. The predicted molar refractivity (Wildman–Crippen MR) is 102 cm³/mol. The van der Waals surface area contributed by atoms with Gasteiger partial charge in [-0.15, -0.1) is 0 Å². The fourth-order valence-corrected chi connectivity index (χ4v) is 3.33. The van der Waals surface area contributed by atoms with Gasteiger partial charge in [-0.3, -0.25) is 9.59 Å². The standard InChI is InChI=1S/C20H28N4O3/c1-14(2)8-9-21-19(25)13-23-10-11-24-18(20(23)26)12-17(22-24)15-4-6-16(27-3)7-5-15/h4-7,10-11,14,17-18,22H,8-9,12-13H2,1-3H3,(H,21,25). The number of amides is 2. The highest BCUT2D eigenvalue weighted by atomic mass is 16.5. The molecule has 146 valence electrons. The molecule has 2 aliphatic heterocycles. The third-order valence-electron chi connectivity index (χ3n) is 4.95. The lowest BCUT2D eigenvalue weighted by molar-refractivity contribution is -0.138. The quantitative estimate of drug-likeness (QED) is 0.763. The average molecular weight is 372 g/mol. The highest BCUT2D eigenvalue weighted by molar-refractivity contribution is 5.89. The number of ether oxygens (including phenoxy) is 1. The van der Waals surface area contributed by atoms with E-state index in [2.05, 4.69) is 24.6 Å². The summed E-state index contributed by atoms with van der Waals surface area (Å²) < 4.78 is 5.19. The molecule has 1 fully saturated rings. The third-order valence-corrected chi connectivity index (χ3v) is 4.95. The molecular formula is C20H28N4O3. The molecular weight excluding hydrogens is 344 g/mol. The zero-order valence-electron chi connectivity index (χ0n) is 16.1. The van der Waals surface area contributed by atoms with Gasteiger partial charge in [-0.2, -0.15) is 0 Å². The van der Waals surface area contributed by atoms with Crippen LogP contribution in [-0.2, 0) is 9.59 Å². The first-order chi connectivity index (χ1) is 13.0. The number of hydrazine groups is 1. The van der Waals surface area contributed by atoms with E-state index in [0.29, 0.717) is 18.9 Å². The fourth-order valence-electron chi connectivity index (χ4n) is 3.33. The maximum absolute atomic E-state index is 12.8. The number of benzene rings is 1. The number of nitrogens with zero attached hydrogens (tertiary/aromatic N) is 2. The first kappa shape index (κ1) is 19.2. The molecule has 2 unspecified atom stereocenters. The van der Waals surface area contributed by atoms with E-state index in [1.807, 2.05) is 35.5 Å². The van der Waals surface area contributed by atoms with Gasteiger partial charge in [0.05, 0.1) is 13.2 Å². The second kappa shape index (κ2) is 8.43. The first-order valence-corrected chi connectivity index (χ1v) is 9.42. The van der Waals surface area contributed by atoms with Crippen molar-refractivity contribution in [1.29, 1.82) is 0 Å². The number of carbonyl (C=O) groups is 2. The molecule has 0 bridgehead atoms. The van der Waals surface area contributed by atoms with E-state index in [0.717, 1.165) is 17.7 Å². The van der Waals surface area contributed by atoms with E-state index in [1.54, 1.807) is 13.3 Å². The average Bonchev–Trinajstić information content (AvgIpc) is 3.09. The van der Waals surface area contributed by atoms with Gasteiger partial charge in [0.15, 0.2) is 0 Å². The Hall–Kier alpha value is -2.54. The molecule has 1 saturated heterocycles. The minimum absolute atomic E-state index is 0.0503. The molecule has 0 spiro atoms. The molecule has 3 rings (SSSR count). The lowest BCUT2D eigenvalue weighted by Crippen LogP contribution is -2.50. The van der Waals surface area contributed by atoms with Gasteiger partial charge in [0.2, 0.25) is 5.91 Å². The molecule has 2 atom stereocenters. The van der Waals surface area contributed by atoms with Crippen LogP contribution in [0.15, 0.2) is 36.7 Å². The number of carbonyl (C=O) groups excluding carboxylic acids is 2. The highest BCUT2D eigenvalue weighted by Gasteiger charge is 2.40. The summed E-state index contributed by atoms with van der Waals surface area (Å²) in [5, 5.41) is 4.72. The minimum atomic E-state index is -0.300. The zero-order valence-corrected chi connectivity index (χ0v) is 16.1. The SMILES string of the molecule is COc1ccc(C2CC3C(=O)N(CC(=O)NCCC(C)C)C=CN3N2)cc1. The number of hydrogen-bond acceptors (Lipinski definition) is 5. The summed E-state index contributed by atoms with van der Waals surface area (Å²) in [5.74, 6) is 1.16. The van der Waals surface area contributed by atoms with Gasteiger partial charge < -0.3 is 20.0 Å². The van der Waals surface area contributed by atoms with Crippen molar-refractivity contribution in [3.8, 4) is 5.75 Å². The van der Waals surface area contributed by atoms with E-state index in [4.69, 9.17) is 4.74 Å². The van der Waals surface area contributed by atoms with Crippen LogP contribution in [0.3, 0.4) is 0 Å². The predicted octanol–water partition coefficient (Wildman–Crippen LogP) is 1.79. The van der Waals surface area contributed by atoms with Crippen LogP contribution in [-0.4, -0.2) is 48.0 Å². The largest absolute Gasteiger partial charge is 0.497 e. The molecule has 0 aromatic heterocycles. The number of hydrogen-bond donors (Lipinski definition) is 2. The van der Waals surface area contributed by atoms with Crippen LogP contribution in [0, 0.1) is 5.92 Å². The lowest BCUT2D eigenvalue weighted by atomic mass is 10.0. The van der Waals surface area contributed by atoms with E-state index >= 15 is 0 Å². The Morgan fingerprint density at radius 3 is 2.70 bits per heavy atom. The summed E-state index contributed by atoms with van der Waals surface area (Å²) in [4.78, 5) is 26.4. The molecule has 7 heteroatoms. The van der Waals surface area contributed by atoms with Gasteiger partial charge in [-0.1, -0.05) is 26.0 Å². The summed E-state index contributed by atoms with van der Waals surface area (Å²) in [6.07, 6.45) is 5.08. The van der Waals surface area contributed by atoms with Crippen molar-refractivity contribution in [2.45, 2.75) is 38.8 Å². The maximum atomic E-state index is 12.8. The Morgan fingerprint density at radius 1 is 1.30 bits per heavy atom. The van der Waals surface area contributed by atoms with Crippen LogP contribution in [0.2, 0.25) is 0 Å². The zero-order chi connectivity index (χ0) is 19.4. The Balaban J connectivity index is 1.57. The molecule has 1 aromatic rings. The van der Waals surface area contributed by atoms with Gasteiger partial charge in [0, 0.05) is 18.9 Å². The number of nitrogens with one attached hydrogen (secondary N) is 2. The summed E-state index contributed by atoms with van der Waals surface area (Å²) in [6, 6.07) is 7.59. The molecule has 2 aliphatic rings. The van der Waals surface area contributed by atoms with Crippen LogP contribution in [0.4, 0.5) is 0 Å². The maximum Gasteiger partial charge on any atom is 0.251 e. The molecule has 2 heterocycles. The van der Waals surface area contributed by atoms with Crippen molar-refractivity contribution in [3.05, 3.63) is 42.2 Å². The van der Waals surface area contributed by atoms with Gasteiger partial charge in [0.1, 0.15) is 18.3 Å². The topological polar surface area (TPSA) is 73.9 Å². The van der Waals surface area contributed by atoms with Gasteiger partial charge in [-0.05, 0) is 36.5 Å². The second-order valence-corrected chi connectivity index (χ2v) is 7.41. The summed E-state index contributed by atoms with van der Waals surface area (Å²) in [5.41, 5.74) is 4.46. The Kier molecular flexibility index (Phi) is 6.01. The van der Waals surface area contributed by atoms with E-state index in [-0.39, 0.29) is 30.4 Å². The van der Waals surface area contributed by atoms with Crippen LogP contribution in [0.1, 0.15) is 38.3 Å². The van der Waals surface area contributed by atoms with Gasteiger partial charge >= 0.3 is 0 Å². The third kappa shape index (κ3) is 4.60. The summed E-state index contributed by atoms with van der Waals surface area (Å²) in [7, 11) is 1.64. The number of methoxy groups -OCH3 is 1. The fraction of sp³-hybridized carbons (Fsp3) is 0.500. The Bertz CT molecular complexity index is 702. The summed E-state index contributed by atoms with van der Waals surface area (Å²) >= 11 is 0. The van der Waals surface area contributed by atoms with Crippen molar-refractivity contribution in [3.63, 3.8) is 0 Å². The first-order valence-electron chi connectivity index (χ1n) is 9.42. The van der Waals surface area contributed by atoms with Crippen LogP contribution < -0.4 is 15.5 Å². The summed E-state index contributed by atoms with van der Waals surface area (Å²) in [6.45, 7) is 4.93. The molecule has 1 aromatic carbocycles. The highest BCUT2D eigenvalue weighted by Crippen LogP contribution is 2.31. The second-order valence-electron chi connectivity index (χ2n) is 7.41. The van der Waals surface area contributed by atoms with Crippen LogP contribution in [0.25, 0.3) is 0 Å². The van der Waals surface area contributed by atoms with Crippen LogP contribution in [0.5, 0.6) is 5.75 Å². The normalized spacial score (nSPS) is 21.6. The Morgan fingerprint density at radius 2 is 2.04 bits per heavy atom. The lowest BCUT2D eigenvalue weighted by Gasteiger charge is -2.31. The molecule has 27 heavy (non-hydrogen) atoms. The van der Waals surface area contributed by atoms with Crippen molar-refractivity contribution in [1.82, 2.24) is 20.7 Å². The smallest absolute Gasteiger partial charge is 0.251 e. The number of rotatable bonds is 7. The van der Waals surface area contributed by atoms with Crippen molar-refractivity contribution < 1.29 is 14.3 Å². The molecule has 0 aliphatic carbocycles. The monoisotopic (exact) mass is 372 g/mol. The molecule has 0 radical (unpaired) electrons.